The Hall–Kier alpha value is -3.23. The predicted octanol–water partition coefficient (Wildman–Crippen LogP) is 5.25. The highest BCUT2D eigenvalue weighted by atomic mass is 35.5. The molecule has 34 heavy (non-hydrogen) atoms. The maximum Gasteiger partial charge on any atom is 0.268 e. The number of aromatic nitrogens is 1. The molecule has 1 N–H and O–H groups in total. The van der Waals surface area contributed by atoms with Crippen LogP contribution in [0.25, 0.3) is 0 Å². The predicted molar refractivity (Wildman–Crippen MR) is 134 cm³/mol. The summed E-state index contributed by atoms with van der Waals surface area (Å²) in [5, 5.41) is 0.254. The van der Waals surface area contributed by atoms with Crippen LogP contribution in [-0.4, -0.2) is 25.7 Å². The second kappa shape index (κ2) is 9.56. The highest BCUT2D eigenvalue weighted by Gasteiger charge is 2.27. The van der Waals surface area contributed by atoms with Crippen molar-refractivity contribution in [2.45, 2.75) is 44.9 Å². The number of hydrogen-bond donors (Lipinski definition) is 1. The molecular weight excluding hydrogens is 474 g/mol. The lowest BCUT2D eigenvalue weighted by atomic mass is 9.87. The number of hydrogen-bond acceptors (Lipinski definition) is 5. The number of carbonyl (C=O) groups is 2. The molecule has 0 spiro atoms. The molecule has 0 aliphatic carbocycles. The summed E-state index contributed by atoms with van der Waals surface area (Å²) in [5.74, 6) is -0.639. The highest BCUT2D eigenvalue weighted by molar-refractivity contribution is 7.92. The molecule has 7 nitrogen and oxygen atoms in total. The van der Waals surface area contributed by atoms with Crippen molar-refractivity contribution in [1.29, 1.82) is 0 Å². The molecule has 0 saturated heterocycles. The Morgan fingerprint density at radius 2 is 1.68 bits per heavy atom. The first-order valence-corrected chi connectivity index (χ1v) is 12.4. The van der Waals surface area contributed by atoms with Crippen molar-refractivity contribution in [2.24, 2.45) is 0 Å². The molecule has 0 aliphatic heterocycles. The van der Waals surface area contributed by atoms with Gasteiger partial charge in [0.15, 0.2) is 0 Å². The fourth-order valence-corrected chi connectivity index (χ4v) is 4.60. The zero-order valence-corrected chi connectivity index (χ0v) is 21.2. The Bertz CT molecular complexity index is 1350. The average Bonchev–Trinajstić information content (AvgIpc) is 2.76. The van der Waals surface area contributed by atoms with Gasteiger partial charge in [-0.05, 0) is 66.8 Å². The minimum atomic E-state index is -4.03. The number of benzene rings is 2. The summed E-state index contributed by atoms with van der Waals surface area (Å²) in [6.07, 6.45) is 0.341. The average molecular weight is 500 g/mol. The van der Waals surface area contributed by atoms with Crippen LogP contribution in [0.5, 0.6) is 0 Å². The second-order valence-electron chi connectivity index (χ2n) is 8.89. The zero-order chi connectivity index (χ0) is 25.3. The number of amides is 2. The van der Waals surface area contributed by atoms with Crippen molar-refractivity contribution in [3.63, 3.8) is 0 Å². The molecule has 178 valence electrons. The summed E-state index contributed by atoms with van der Waals surface area (Å²) in [4.78, 5) is 30.4. The van der Waals surface area contributed by atoms with Gasteiger partial charge >= 0.3 is 0 Å². The Labute approximate surface area is 204 Å². The van der Waals surface area contributed by atoms with Crippen molar-refractivity contribution in [3.8, 4) is 0 Å². The van der Waals surface area contributed by atoms with E-state index in [4.69, 9.17) is 11.6 Å². The lowest BCUT2D eigenvalue weighted by molar-refractivity contribution is -0.107. The van der Waals surface area contributed by atoms with Crippen LogP contribution >= 0.6 is 11.6 Å². The maximum absolute atomic E-state index is 13.4. The molecule has 0 radical (unpaired) electrons. The molecule has 0 atom stereocenters. The van der Waals surface area contributed by atoms with Gasteiger partial charge in [-0.2, -0.15) is 0 Å². The number of nitrogens with zero attached hydrogens (tertiary/aromatic N) is 2. The van der Waals surface area contributed by atoms with Gasteiger partial charge in [0, 0.05) is 10.7 Å². The van der Waals surface area contributed by atoms with Gasteiger partial charge in [0.05, 0.1) is 16.1 Å². The largest absolute Gasteiger partial charge is 0.279 e. The molecule has 0 fully saturated rings. The number of carbonyl (C=O) groups excluding carboxylic acids is 2. The lowest BCUT2D eigenvalue weighted by Crippen LogP contribution is -2.32. The summed E-state index contributed by atoms with van der Waals surface area (Å²) in [7, 11) is -4.03. The molecule has 3 aromatic rings. The lowest BCUT2D eigenvalue weighted by Gasteiger charge is -2.21. The van der Waals surface area contributed by atoms with Crippen molar-refractivity contribution >= 4 is 45.4 Å². The smallest absolute Gasteiger partial charge is 0.268 e. The number of imide groups is 1. The van der Waals surface area contributed by atoms with Crippen LogP contribution in [0.3, 0.4) is 0 Å². The Morgan fingerprint density at radius 3 is 2.24 bits per heavy atom. The summed E-state index contributed by atoms with van der Waals surface area (Å²) in [5.41, 5.74) is 1.75. The topological polar surface area (TPSA) is 96.4 Å². The minimum absolute atomic E-state index is 0.00583. The van der Waals surface area contributed by atoms with Crippen LogP contribution in [0.1, 0.15) is 48.0 Å². The van der Waals surface area contributed by atoms with E-state index in [9.17, 15) is 18.0 Å². The van der Waals surface area contributed by atoms with Crippen LogP contribution in [0.15, 0.2) is 59.5 Å². The van der Waals surface area contributed by atoms with Gasteiger partial charge < -0.3 is 0 Å². The van der Waals surface area contributed by atoms with Gasteiger partial charge in [-0.1, -0.05) is 50.6 Å². The standard InChI is InChI=1S/C25H26ClN3O4S/c1-16-7-6-8-22(27-16)29(15-30)24(31)23-17(2)20(26)13-14-21(23)28-34(32,33)19-11-9-18(10-12-19)25(3,4)5/h6-15,28H,1-5H3. The third-order valence-corrected chi connectivity index (χ3v) is 7.12. The van der Waals surface area contributed by atoms with E-state index in [0.717, 1.165) is 10.5 Å². The Kier molecular flexibility index (Phi) is 7.14. The van der Waals surface area contributed by atoms with E-state index in [1.54, 1.807) is 38.1 Å². The summed E-state index contributed by atoms with van der Waals surface area (Å²) in [6.45, 7) is 9.41. The van der Waals surface area contributed by atoms with Gasteiger partial charge in [0.25, 0.3) is 15.9 Å². The normalized spacial score (nSPS) is 11.7. The summed E-state index contributed by atoms with van der Waals surface area (Å²) < 4.78 is 28.8. The molecule has 0 bridgehead atoms. The first-order valence-electron chi connectivity index (χ1n) is 10.5. The van der Waals surface area contributed by atoms with Gasteiger partial charge in [-0.25, -0.2) is 18.3 Å². The SMILES string of the molecule is Cc1cccc(N(C=O)C(=O)c2c(NS(=O)(=O)c3ccc(C(C)(C)C)cc3)ccc(Cl)c2C)n1. The van der Waals surface area contributed by atoms with Gasteiger partial charge in [-0.15, -0.1) is 0 Å². The van der Waals surface area contributed by atoms with E-state index in [-0.39, 0.29) is 32.4 Å². The van der Waals surface area contributed by atoms with Crippen LogP contribution in [0.4, 0.5) is 11.5 Å². The number of sulfonamides is 1. The number of rotatable bonds is 6. The first kappa shape index (κ1) is 25.4. The molecule has 2 amide bonds. The molecule has 0 saturated carbocycles. The molecule has 3 rings (SSSR count). The van der Waals surface area contributed by atoms with E-state index >= 15 is 0 Å². The fourth-order valence-electron chi connectivity index (χ4n) is 3.37. The minimum Gasteiger partial charge on any atom is -0.279 e. The summed E-state index contributed by atoms with van der Waals surface area (Å²) in [6, 6.07) is 14.3. The van der Waals surface area contributed by atoms with Crippen molar-refractivity contribution < 1.29 is 18.0 Å². The van der Waals surface area contributed by atoms with E-state index in [0.29, 0.717) is 17.7 Å². The van der Waals surface area contributed by atoms with Gasteiger partial charge in [0.1, 0.15) is 5.82 Å². The van der Waals surface area contributed by atoms with Crippen molar-refractivity contribution in [2.75, 3.05) is 9.62 Å². The third kappa shape index (κ3) is 5.29. The second-order valence-corrected chi connectivity index (χ2v) is 11.0. The van der Waals surface area contributed by atoms with Crippen LogP contribution < -0.4 is 9.62 Å². The Balaban J connectivity index is 2.04. The van der Waals surface area contributed by atoms with Crippen molar-refractivity contribution in [1.82, 2.24) is 4.98 Å². The number of pyridine rings is 1. The molecular formula is C25H26ClN3O4S. The number of anilines is 2. The molecule has 9 heteroatoms. The zero-order valence-electron chi connectivity index (χ0n) is 19.6. The van der Waals surface area contributed by atoms with Crippen LogP contribution in [-0.2, 0) is 20.2 Å². The maximum atomic E-state index is 13.4. The fraction of sp³-hybridized carbons (Fsp3) is 0.240. The van der Waals surface area contributed by atoms with Gasteiger partial charge in [-0.3, -0.25) is 14.3 Å². The van der Waals surface area contributed by atoms with E-state index in [1.807, 2.05) is 20.8 Å². The Morgan fingerprint density at radius 1 is 1.03 bits per heavy atom. The van der Waals surface area contributed by atoms with E-state index in [2.05, 4.69) is 9.71 Å². The van der Waals surface area contributed by atoms with E-state index < -0.39 is 15.9 Å². The molecule has 1 heterocycles. The molecule has 1 aromatic heterocycles. The number of aryl methyl sites for hydroxylation is 1. The van der Waals surface area contributed by atoms with Gasteiger partial charge in [0.2, 0.25) is 6.41 Å². The monoisotopic (exact) mass is 499 g/mol. The quantitative estimate of drug-likeness (QED) is 0.467. The molecule has 0 aliphatic rings. The molecule has 0 unspecified atom stereocenters. The highest BCUT2D eigenvalue weighted by Crippen LogP contribution is 2.31. The number of halogens is 1. The van der Waals surface area contributed by atoms with E-state index in [1.165, 1.54) is 30.3 Å². The number of nitrogens with one attached hydrogen (secondary N) is 1. The molecule has 2 aromatic carbocycles. The van der Waals surface area contributed by atoms with Crippen LogP contribution in [0.2, 0.25) is 5.02 Å². The summed E-state index contributed by atoms with van der Waals surface area (Å²) >= 11 is 6.25. The van der Waals surface area contributed by atoms with Crippen LogP contribution in [0, 0.1) is 13.8 Å². The first-order chi connectivity index (χ1) is 15.8. The third-order valence-electron chi connectivity index (χ3n) is 5.33. The van der Waals surface area contributed by atoms with Crippen molar-refractivity contribution in [3.05, 3.63) is 82.0 Å².